The van der Waals surface area contributed by atoms with Crippen LogP contribution < -0.4 is 5.32 Å². The minimum Gasteiger partial charge on any atom is -0.492 e. The van der Waals surface area contributed by atoms with Crippen LogP contribution >= 0.6 is 11.3 Å². The molecule has 5 heteroatoms. The number of aliphatic imine (C=N–C) groups is 1. The molecule has 2 aromatic carbocycles. The minimum absolute atomic E-state index is 0.0346. The molecule has 0 spiro atoms. The van der Waals surface area contributed by atoms with Crippen molar-refractivity contribution in [3.8, 4) is 5.88 Å². The number of nitrogens with zero attached hydrogens (tertiary/aromatic N) is 2. The standard InChI is InChI=1S/C22H21N3OS/c1-2-3-6-15-9-11-17(12-10-15)24-22-25-21(26)20(27-22)13-16-14-23-19-8-5-4-7-18(16)19/h4-5,7-14,26H,2-3,6H2,1H3,(H,24,25)/b16-13-. The molecule has 2 N–H and O–H groups in total. The van der Waals surface area contributed by atoms with Gasteiger partial charge in [-0.1, -0.05) is 55.0 Å². The van der Waals surface area contributed by atoms with Gasteiger partial charge >= 0.3 is 0 Å². The van der Waals surface area contributed by atoms with Gasteiger partial charge in [-0.05, 0) is 42.7 Å². The van der Waals surface area contributed by atoms with Gasteiger partial charge in [0, 0.05) is 23.0 Å². The van der Waals surface area contributed by atoms with Crippen LogP contribution in [0.4, 0.5) is 16.5 Å². The largest absolute Gasteiger partial charge is 0.492 e. The second-order valence-corrected chi connectivity index (χ2v) is 7.54. The summed E-state index contributed by atoms with van der Waals surface area (Å²) in [6.07, 6.45) is 7.27. The molecule has 27 heavy (non-hydrogen) atoms. The molecule has 0 saturated carbocycles. The van der Waals surface area contributed by atoms with Crippen LogP contribution in [0.1, 0.15) is 35.8 Å². The number of fused-ring (bicyclic) bond motifs is 1. The molecule has 4 nitrogen and oxygen atoms in total. The maximum absolute atomic E-state index is 10.2. The second-order valence-electron chi connectivity index (χ2n) is 6.51. The predicted octanol–water partition coefficient (Wildman–Crippen LogP) is 6.19. The Morgan fingerprint density at radius 2 is 1.93 bits per heavy atom. The SMILES string of the molecule is CCCCc1ccc(Nc2nc(O)c(/C=C3/C=Nc4ccccc43)s2)cc1. The number of hydrogen-bond acceptors (Lipinski definition) is 5. The normalized spacial score (nSPS) is 13.9. The van der Waals surface area contributed by atoms with Gasteiger partial charge < -0.3 is 10.4 Å². The van der Waals surface area contributed by atoms with Gasteiger partial charge in [0.2, 0.25) is 5.88 Å². The molecule has 0 fully saturated rings. The summed E-state index contributed by atoms with van der Waals surface area (Å²) in [5, 5.41) is 14.2. The van der Waals surface area contributed by atoms with E-state index in [-0.39, 0.29) is 5.88 Å². The predicted molar refractivity (Wildman–Crippen MR) is 115 cm³/mol. The first-order valence-electron chi connectivity index (χ1n) is 9.14. The van der Waals surface area contributed by atoms with Crippen LogP contribution in [0.15, 0.2) is 53.5 Å². The van der Waals surface area contributed by atoms with E-state index in [9.17, 15) is 5.11 Å². The fourth-order valence-corrected chi connectivity index (χ4v) is 3.86. The van der Waals surface area contributed by atoms with Crippen LogP contribution in [0.5, 0.6) is 5.88 Å². The van der Waals surface area contributed by atoms with Gasteiger partial charge in [0.1, 0.15) is 0 Å². The van der Waals surface area contributed by atoms with Gasteiger partial charge in [0.25, 0.3) is 0 Å². The maximum atomic E-state index is 10.2. The lowest BCUT2D eigenvalue weighted by atomic mass is 10.1. The number of aromatic nitrogens is 1. The van der Waals surface area contributed by atoms with Crippen molar-refractivity contribution in [2.24, 2.45) is 4.99 Å². The highest BCUT2D eigenvalue weighted by Crippen LogP contribution is 2.37. The number of rotatable bonds is 6. The summed E-state index contributed by atoms with van der Waals surface area (Å²) in [5.41, 5.74) is 5.32. The van der Waals surface area contributed by atoms with Crippen molar-refractivity contribution in [1.29, 1.82) is 0 Å². The zero-order chi connectivity index (χ0) is 18.6. The Hall–Kier alpha value is -2.92. The molecular weight excluding hydrogens is 354 g/mol. The van der Waals surface area contributed by atoms with Gasteiger partial charge in [-0.15, -0.1) is 0 Å². The lowest BCUT2D eigenvalue weighted by molar-refractivity contribution is 0.457. The molecule has 0 saturated heterocycles. The first kappa shape index (κ1) is 17.5. The summed E-state index contributed by atoms with van der Waals surface area (Å²) >= 11 is 1.42. The van der Waals surface area contributed by atoms with E-state index in [1.807, 2.05) is 36.6 Å². The highest BCUT2D eigenvalue weighted by molar-refractivity contribution is 7.16. The van der Waals surface area contributed by atoms with E-state index in [2.05, 4.69) is 46.5 Å². The number of anilines is 2. The number of hydrogen-bond donors (Lipinski definition) is 2. The van der Waals surface area contributed by atoms with Crippen LogP contribution in [-0.4, -0.2) is 16.3 Å². The number of thiazole rings is 1. The van der Waals surface area contributed by atoms with E-state index in [1.165, 1.54) is 29.7 Å². The Morgan fingerprint density at radius 1 is 1.11 bits per heavy atom. The molecule has 0 atom stereocenters. The zero-order valence-electron chi connectivity index (χ0n) is 15.1. The molecule has 4 rings (SSSR count). The fraction of sp³-hybridized carbons (Fsp3) is 0.182. The average Bonchev–Trinajstić information content (AvgIpc) is 3.25. The van der Waals surface area contributed by atoms with E-state index in [4.69, 9.17) is 0 Å². The third kappa shape index (κ3) is 3.93. The van der Waals surface area contributed by atoms with E-state index < -0.39 is 0 Å². The quantitative estimate of drug-likeness (QED) is 0.540. The number of nitrogens with one attached hydrogen (secondary N) is 1. The molecule has 2 heterocycles. The fourth-order valence-electron chi connectivity index (χ4n) is 3.03. The molecule has 1 aliphatic rings. The van der Waals surface area contributed by atoms with Gasteiger partial charge in [-0.25, -0.2) is 0 Å². The van der Waals surface area contributed by atoms with Crippen molar-refractivity contribution in [3.63, 3.8) is 0 Å². The molecule has 1 aliphatic heterocycles. The summed E-state index contributed by atoms with van der Waals surface area (Å²) in [6, 6.07) is 16.4. The van der Waals surface area contributed by atoms with Crippen molar-refractivity contribution in [2.75, 3.05) is 5.32 Å². The summed E-state index contributed by atoms with van der Waals surface area (Å²) in [4.78, 5) is 9.37. The van der Waals surface area contributed by atoms with Gasteiger partial charge in [-0.2, -0.15) is 4.98 Å². The average molecular weight is 375 g/mol. The highest BCUT2D eigenvalue weighted by atomic mass is 32.1. The smallest absolute Gasteiger partial charge is 0.231 e. The third-order valence-electron chi connectivity index (χ3n) is 4.50. The lowest BCUT2D eigenvalue weighted by Crippen LogP contribution is -1.90. The van der Waals surface area contributed by atoms with Crippen molar-refractivity contribution in [1.82, 2.24) is 4.98 Å². The summed E-state index contributed by atoms with van der Waals surface area (Å²) in [7, 11) is 0. The number of benzene rings is 2. The van der Waals surface area contributed by atoms with Gasteiger partial charge in [0.15, 0.2) is 5.13 Å². The molecule has 0 aliphatic carbocycles. The van der Waals surface area contributed by atoms with Gasteiger partial charge in [-0.3, -0.25) is 4.99 Å². The van der Waals surface area contributed by atoms with Crippen LogP contribution in [-0.2, 0) is 6.42 Å². The molecule has 136 valence electrons. The highest BCUT2D eigenvalue weighted by Gasteiger charge is 2.14. The van der Waals surface area contributed by atoms with Crippen molar-refractivity contribution in [2.45, 2.75) is 26.2 Å². The van der Waals surface area contributed by atoms with Crippen LogP contribution in [0.3, 0.4) is 0 Å². The molecular formula is C22H21N3OS. The Balaban J connectivity index is 1.51. The lowest BCUT2D eigenvalue weighted by Gasteiger charge is -2.04. The van der Waals surface area contributed by atoms with Crippen LogP contribution in [0.2, 0.25) is 0 Å². The number of para-hydroxylation sites is 1. The summed E-state index contributed by atoms with van der Waals surface area (Å²) in [6.45, 7) is 2.20. The topological polar surface area (TPSA) is 57.5 Å². The van der Waals surface area contributed by atoms with Crippen molar-refractivity contribution in [3.05, 3.63) is 64.5 Å². The monoisotopic (exact) mass is 375 g/mol. The Labute approximate surface area is 163 Å². The van der Waals surface area contributed by atoms with Crippen molar-refractivity contribution >= 4 is 45.7 Å². The summed E-state index contributed by atoms with van der Waals surface area (Å²) in [5.74, 6) is 0.0346. The van der Waals surface area contributed by atoms with Crippen LogP contribution in [0, 0.1) is 0 Å². The molecule has 3 aromatic rings. The molecule has 0 amide bonds. The van der Waals surface area contributed by atoms with Gasteiger partial charge in [0.05, 0.1) is 10.6 Å². The minimum atomic E-state index is 0.0346. The Bertz CT molecular complexity index is 1000. The van der Waals surface area contributed by atoms with E-state index in [0.29, 0.717) is 5.13 Å². The van der Waals surface area contributed by atoms with E-state index >= 15 is 0 Å². The zero-order valence-corrected chi connectivity index (χ0v) is 16.0. The second kappa shape index (κ2) is 7.76. The summed E-state index contributed by atoms with van der Waals surface area (Å²) < 4.78 is 0. The first-order valence-corrected chi connectivity index (χ1v) is 9.95. The molecule has 0 bridgehead atoms. The Morgan fingerprint density at radius 3 is 2.74 bits per heavy atom. The number of aromatic hydroxyl groups is 1. The van der Waals surface area contributed by atoms with E-state index in [0.717, 1.165) is 33.8 Å². The number of aryl methyl sites for hydroxylation is 1. The Kier molecular flexibility index (Phi) is 5.03. The first-order chi connectivity index (χ1) is 13.2. The molecule has 0 unspecified atom stereocenters. The molecule has 0 radical (unpaired) electrons. The van der Waals surface area contributed by atoms with E-state index in [1.54, 1.807) is 0 Å². The van der Waals surface area contributed by atoms with Crippen molar-refractivity contribution < 1.29 is 5.11 Å². The number of unbranched alkanes of at least 4 members (excludes halogenated alkanes) is 1. The maximum Gasteiger partial charge on any atom is 0.231 e. The molecule has 1 aromatic heterocycles. The van der Waals surface area contributed by atoms with Crippen LogP contribution in [0.25, 0.3) is 11.6 Å². The number of allylic oxidation sites excluding steroid dienone is 1. The third-order valence-corrected chi connectivity index (χ3v) is 5.41.